The molecule has 0 bridgehead atoms. The quantitative estimate of drug-likeness (QED) is 0.356. The van der Waals surface area contributed by atoms with Crippen molar-refractivity contribution < 1.29 is 22.5 Å². The number of guanidine groups is 1. The molecule has 0 saturated carbocycles. The molecule has 26 heavy (non-hydrogen) atoms. The van der Waals surface area contributed by atoms with Crippen molar-refractivity contribution in [1.29, 1.82) is 0 Å². The van der Waals surface area contributed by atoms with Crippen molar-refractivity contribution in [2.75, 3.05) is 13.3 Å². The molecule has 0 aliphatic carbocycles. The molecule has 0 unspecified atom stereocenters. The van der Waals surface area contributed by atoms with E-state index in [9.17, 15) is 13.2 Å². The number of carbonyl (C=O) groups excluding carboxylic acids is 1. The number of hydrogen-bond acceptors (Lipinski definition) is 4. The number of hydrogen-bond donors (Lipinski definition) is 4. The number of ether oxygens (including phenoxy) is 1. The maximum atomic E-state index is 12.0. The van der Waals surface area contributed by atoms with Crippen molar-refractivity contribution in [1.82, 2.24) is 10.3 Å². The Hall–Kier alpha value is -2.59. The minimum atomic E-state index is -3.67. The zero-order valence-electron chi connectivity index (χ0n) is 15.3. The van der Waals surface area contributed by atoms with Crippen molar-refractivity contribution in [3.8, 4) is 5.75 Å². The third-order valence-electron chi connectivity index (χ3n) is 3.04. The highest BCUT2D eigenvalue weighted by Gasteiger charge is 2.14. The Kier molecular flexibility index (Phi) is 7.16. The molecule has 1 heterocycles. The second-order valence-corrected chi connectivity index (χ2v) is 7.27. The predicted octanol–water partition coefficient (Wildman–Crippen LogP) is 1.44. The zero-order valence-corrected chi connectivity index (χ0v) is 16.1. The molecule has 5 N–H and O–H groups in total. The number of aryl methyl sites for hydroxylation is 1. The molecule has 0 saturated heterocycles. The van der Waals surface area contributed by atoms with Crippen molar-refractivity contribution in [2.45, 2.75) is 26.9 Å². The van der Waals surface area contributed by atoms with Crippen LogP contribution >= 0.6 is 0 Å². The van der Waals surface area contributed by atoms with E-state index in [1.54, 1.807) is 13.1 Å². The lowest BCUT2D eigenvalue weighted by molar-refractivity contribution is 0.0998. The van der Waals surface area contributed by atoms with E-state index in [0.717, 1.165) is 22.2 Å². The van der Waals surface area contributed by atoms with Crippen molar-refractivity contribution in [2.24, 2.45) is 10.7 Å². The van der Waals surface area contributed by atoms with Crippen molar-refractivity contribution in [3.05, 3.63) is 29.5 Å². The number of aromatic nitrogens is 1. The lowest BCUT2D eigenvalue weighted by atomic mass is 10.1. The first-order chi connectivity index (χ1) is 11.9. The van der Waals surface area contributed by atoms with E-state index in [2.05, 4.69) is 15.3 Å². The second-order valence-electron chi connectivity index (χ2n) is 5.80. The summed E-state index contributed by atoms with van der Waals surface area (Å²) in [5.41, 5.74) is 7.75. The normalized spacial score (nSPS) is 11.9. The van der Waals surface area contributed by atoms with Gasteiger partial charge in [-0.25, -0.2) is 0 Å². The molecule has 1 amide bonds. The highest BCUT2D eigenvalue weighted by atomic mass is 32.2. The summed E-state index contributed by atoms with van der Waals surface area (Å²) < 4.78 is 31.6. The summed E-state index contributed by atoms with van der Waals surface area (Å²) in [5, 5.41) is 3.56. The van der Waals surface area contributed by atoms with E-state index in [0.29, 0.717) is 11.9 Å². The predicted molar refractivity (Wildman–Crippen MR) is 101 cm³/mol. The second kappa shape index (κ2) is 8.68. The third-order valence-corrected chi connectivity index (χ3v) is 3.04. The fourth-order valence-corrected chi connectivity index (χ4v) is 2.03. The summed E-state index contributed by atoms with van der Waals surface area (Å²) in [6.45, 7) is 5.89. The lowest BCUT2D eigenvalue weighted by Crippen LogP contribution is -2.28. The van der Waals surface area contributed by atoms with Crippen molar-refractivity contribution >= 4 is 32.9 Å². The molecule has 1 aromatic carbocycles. The van der Waals surface area contributed by atoms with Gasteiger partial charge in [-0.05, 0) is 38.5 Å². The van der Waals surface area contributed by atoms with Crippen LogP contribution in [0.3, 0.4) is 0 Å². The van der Waals surface area contributed by atoms with Gasteiger partial charge in [-0.3, -0.25) is 9.35 Å². The molecule has 0 spiro atoms. The summed E-state index contributed by atoms with van der Waals surface area (Å²) in [6, 6.07) is 5.63. The molecular weight excluding hydrogens is 360 g/mol. The topological polar surface area (TPSA) is 147 Å². The smallest absolute Gasteiger partial charge is 0.296 e. The first kappa shape index (κ1) is 21.5. The molecule has 1 aromatic heterocycles. The Bertz CT molecular complexity index is 908. The first-order valence-electron chi connectivity index (χ1n) is 7.70. The summed E-state index contributed by atoms with van der Waals surface area (Å²) in [6.07, 6.45) is 0.767. The maximum absolute atomic E-state index is 12.0. The van der Waals surface area contributed by atoms with Crippen LogP contribution in [0.25, 0.3) is 10.9 Å². The molecule has 10 heteroatoms. The van der Waals surface area contributed by atoms with E-state index in [1.165, 1.54) is 0 Å². The van der Waals surface area contributed by atoms with E-state index < -0.39 is 16.0 Å². The van der Waals surface area contributed by atoms with Gasteiger partial charge >= 0.3 is 0 Å². The molecule has 0 aliphatic rings. The van der Waals surface area contributed by atoms with Gasteiger partial charge in [-0.15, -0.1) is 0 Å². The Morgan fingerprint density at radius 3 is 2.46 bits per heavy atom. The highest BCUT2D eigenvalue weighted by molar-refractivity contribution is 7.85. The number of amides is 1. The number of aliphatic imine (C=N–C) groups is 1. The van der Waals surface area contributed by atoms with Crippen LogP contribution in [0.5, 0.6) is 5.75 Å². The summed E-state index contributed by atoms with van der Waals surface area (Å²) in [4.78, 5) is 18.9. The van der Waals surface area contributed by atoms with Gasteiger partial charge in [0.1, 0.15) is 11.4 Å². The Morgan fingerprint density at radius 2 is 1.96 bits per heavy atom. The van der Waals surface area contributed by atoms with Crippen molar-refractivity contribution in [3.63, 3.8) is 0 Å². The molecule has 9 nitrogen and oxygen atoms in total. The van der Waals surface area contributed by atoms with Crippen LogP contribution in [0.4, 0.5) is 0 Å². The zero-order chi connectivity index (χ0) is 20.1. The van der Waals surface area contributed by atoms with Crippen LogP contribution in [-0.2, 0) is 10.1 Å². The minimum absolute atomic E-state index is 0.0521. The first-order valence-corrected chi connectivity index (χ1v) is 9.55. The number of fused-ring (bicyclic) bond motifs is 1. The molecule has 0 fully saturated rings. The molecule has 2 rings (SSSR count). The number of H-pyrrole nitrogens is 1. The lowest BCUT2D eigenvalue weighted by Gasteiger charge is -2.11. The standard InChI is InChI=1S/C15H20N4O2.CH4O3S/c1-8(2)21-12-6-5-9(3)10-7-11(18-13(10)12)14(20)19-15(16)17-4;1-5(2,3)4/h5-8,18H,1-4H3,(H3,16,17,19,20);1H3,(H,2,3,4). The number of carbonyl (C=O) groups is 1. The highest BCUT2D eigenvalue weighted by Crippen LogP contribution is 2.29. The monoisotopic (exact) mass is 384 g/mol. The average Bonchev–Trinajstić information content (AvgIpc) is 2.94. The Morgan fingerprint density at radius 1 is 1.38 bits per heavy atom. The fourth-order valence-electron chi connectivity index (χ4n) is 2.03. The molecule has 0 atom stereocenters. The largest absolute Gasteiger partial charge is 0.489 e. The molecule has 0 aliphatic heterocycles. The number of nitrogens with one attached hydrogen (secondary N) is 2. The van der Waals surface area contributed by atoms with Gasteiger partial charge in [-0.1, -0.05) is 6.07 Å². The van der Waals surface area contributed by atoms with Crippen LogP contribution in [0, 0.1) is 6.92 Å². The van der Waals surface area contributed by atoms with E-state index in [1.807, 2.05) is 32.9 Å². The number of rotatable bonds is 3. The number of aromatic amines is 1. The minimum Gasteiger partial charge on any atom is -0.489 e. The summed E-state index contributed by atoms with van der Waals surface area (Å²) >= 11 is 0. The maximum Gasteiger partial charge on any atom is 0.296 e. The van der Waals surface area contributed by atoms with Crippen LogP contribution < -0.4 is 15.8 Å². The molecular formula is C16H24N4O5S. The van der Waals surface area contributed by atoms with Gasteiger partial charge in [0.15, 0.2) is 5.96 Å². The van der Waals surface area contributed by atoms with E-state index >= 15 is 0 Å². The van der Waals surface area contributed by atoms with Crippen LogP contribution in [-0.4, -0.2) is 49.2 Å². The molecule has 144 valence electrons. The van der Waals surface area contributed by atoms with Gasteiger partial charge in [0.05, 0.1) is 17.9 Å². The fraction of sp³-hybridized carbons (Fsp3) is 0.375. The van der Waals surface area contributed by atoms with Crippen LogP contribution in [0.15, 0.2) is 23.2 Å². The SMILES string of the molecule is CNC(N)=NC(=O)c1cc2c(C)ccc(OC(C)C)c2[nH]1.CS(=O)(=O)O. The van der Waals surface area contributed by atoms with Gasteiger partial charge < -0.3 is 20.8 Å². The Balaban J connectivity index is 0.000000597. The molecule has 0 radical (unpaired) electrons. The third kappa shape index (κ3) is 6.73. The van der Waals surface area contributed by atoms with Gasteiger partial charge in [-0.2, -0.15) is 13.4 Å². The van der Waals surface area contributed by atoms with Gasteiger partial charge in [0.2, 0.25) is 0 Å². The summed E-state index contributed by atoms with van der Waals surface area (Å²) in [5.74, 6) is 0.372. The number of benzene rings is 1. The summed E-state index contributed by atoms with van der Waals surface area (Å²) in [7, 11) is -2.06. The number of nitrogens with zero attached hydrogens (tertiary/aromatic N) is 1. The Labute approximate surface area is 152 Å². The van der Waals surface area contributed by atoms with E-state index in [-0.39, 0.29) is 12.1 Å². The molecule has 2 aromatic rings. The van der Waals surface area contributed by atoms with Gasteiger partial charge in [0, 0.05) is 12.4 Å². The number of nitrogens with two attached hydrogens (primary N) is 1. The van der Waals surface area contributed by atoms with Gasteiger partial charge in [0.25, 0.3) is 16.0 Å². The average molecular weight is 384 g/mol. The van der Waals surface area contributed by atoms with Crippen LogP contribution in [0.2, 0.25) is 0 Å². The van der Waals surface area contributed by atoms with E-state index in [4.69, 9.17) is 15.0 Å². The van der Waals surface area contributed by atoms with Crippen LogP contribution in [0.1, 0.15) is 29.9 Å².